The van der Waals surface area contributed by atoms with Crippen LogP contribution in [-0.4, -0.2) is 54.6 Å². The first kappa shape index (κ1) is 15.7. The van der Waals surface area contributed by atoms with E-state index in [-0.39, 0.29) is 47.4 Å². The van der Waals surface area contributed by atoms with Gasteiger partial charge in [0.05, 0.1) is 12.0 Å². The fourth-order valence-electron chi connectivity index (χ4n) is 4.69. The van der Waals surface area contributed by atoms with Crippen LogP contribution in [0.15, 0.2) is 12.2 Å². The molecule has 1 saturated heterocycles. The summed E-state index contributed by atoms with van der Waals surface area (Å²) < 4.78 is 5.69. The Hall–Kier alpha value is -1.20. The highest BCUT2D eigenvalue weighted by Crippen LogP contribution is 2.51. The molecule has 3 rings (SSSR count). The summed E-state index contributed by atoms with van der Waals surface area (Å²) in [6.45, 7) is 6.58. The van der Waals surface area contributed by atoms with Crippen LogP contribution in [0.3, 0.4) is 0 Å². The molecule has 0 aromatic rings. The molecule has 122 valence electrons. The number of nitrogens with zero attached hydrogens (tertiary/aromatic N) is 1. The molecule has 0 amide bonds. The summed E-state index contributed by atoms with van der Waals surface area (Å²) in [6, 6.07) is 0. The Balaban J connectivity index is 1.97. The largest absolute Gasteiger partial charge is 0.461 e. The minimum absolute atomic E-state index is 0.0294. The molecule has 3 fully saturated rings. The van der Waals surface area contributed by atoms with Gasteiger partial charge in [0.25, 0.3) is 0 Å². The van der Waals surface area contributed by atoms with E-state index >= 15 is 0 Å². The zero-order chi connectivity index (χ0) is 16.2. The van der Waals surface area contributed by atoms with Crippen LogP contribution in [-0.2, 0) is 14.3 Å². The maximum Gasteiger partial charge on any atom is 0.311 e. The predicted molar refractivity (Wildman–Crippen MR) is 80.9 cm³/mol. The average molecular weight is 307 g/mol. The molecular weight excluding hydrogens is 282 g/mol. The number of ether oxygens (including phenoxy) is 1. The molecule has 3 aliphatic rings. The molecule has 5 nitrogen and oxygen atoms in total. The number of carbonyl (C=O) groups is 2. The van der Waals surface area contributed by atoms with Gasteiger partial charge < -0.3 is 14.7 Å². The first-order valence-electron chi connectivity index (χ1n) is 8.05. The van der Waals surface area contributed by atoms with Gasteiger partial charge >= 0.3 is 5.97 Å². The second-order valence-electron chi connectivity index (χ2n) is 7.42. The van der Waals surface area contributed by atoms with Crippen molar-refractivity contribution < 1.29 is 19.4 Å². The fourth-order valence-corrected chi connectivity index (χ4v) is 4.69. The number of ketones is 1. The first-order valence-corrected chi connectivity index (χ1v) is 8.05. The van der Waals surface area contributed by atoms with Gasteiger partial charge in [-0.25, -0.2) is 0 Å². The van der Waals surface area contributed by atoms with Gasteiger partial charge in [-0.2, -0.15) is 0 Å². The second kappa shape index (κ2) is 5.46. The van der Waals surface area contributed by atoms with E-state index in [9.17, 15) is 14.7 Å². The van der Waals surface area contributed by atoms with E-state index in [0.717, 1.165) is 5.57 Å². The summed E-state index contributed by atoms with van der Waals surface area (Å²) in [4.78, 5) is 26.4. The van der Waals surface area contributed by atoms with E-state index in [2.05, 4.69) is 6.58 Å². The lowest BCUT2D eigenvalue weighted by atomic mass is 9.77. The predicted octanol–water partition coefficient (Wildman–Crippen LogP) is 0.868. The Bertz CT molecular complexity index is 515. The van der Waals surface area contributed by atoms with E-state index in [1.165, 1.54) is 0 Å². The lowest BCUT2D eigenvalue weighted by molar-refractivity contribution is -0.147. The third-order valence-electron chi connectivity index (χ3n) is 5.75. The topological polar surface area (TPSA) is 66.8 Å². The number of aliphatic hydroxyl groups is 1. The molecule has 22 heavy (non-hydrogen) atoms. The van der Waals surface area contributed by atoms with Crippen molar-refractivity contribution in [2.75, 3.05) is 20.6 Å². The monoisotopic (exact) mass is 307 g/mol. The lowest BCUT2D eigenvalue weighted by Gasteiger charge is -2.30. The normalized spacial score (nSPS) is 44.8. The molecule has 0 aromatic carbocycles. The van der Waals surface area contributed by atoms with Crippen molar-refractivity contribution in [3.05, 3.63) is 12.2 Å². The Kier molecular flexibility index (Phi) is 3.89. The van der Waals surface area contributed by atoms with Gasteiger partial charge in [0.2, 0.25) is 0 Å². The second-order valence-corrected chi connectivity index (χ2v) is 7.42. The highest BCUT2D eigenvalue weighted by Gasteiger charge is 2.58. The Morgan fingerprint density at radius 1 is 1.27 bits per heavy atom. The lowest BCUT2D eigenvalue weighted by Crippen LogP contribution is -2.40. The van der Waals surface area contributed by atoms with Gasteiger partial charge in [-0.3, -0.25) is 9.59 Å². The SMILES string of the molecule is C=C1C[C@H](O)C2C(CN(C)C)C(=O)O[C@@H]2[C@H]2[C@H](C)C(=O)C[C@@H]12. The molecule has 2 saturated carbocycles. The number of esters is 1. The van der Waals surface area contributed by atoms with Crippen LogP contribution in [0.1, 0.15) is 19.8 Å². The summed E-state index contributed by atoms with van der Waals surface area (Å²) in [5.74, 6) is -0.708. The summed E-state index contributed by atoms with van der Waals surface area (Å²) in [5, 5.41) is 10.6. The molecule has 2 unspecified atom stereocenters. The number of Topliss-reactive ketones (excluding diaryl/α,β-unsaturated/α-hetero) is 1. The summed E-state index contributed by atoms with van der Waals surface area (Å²) in [6.07, 6.45) is -0.0562. The molecule has 0 aromatic heterocycles. The highest BCUT2D eigenvalue weighted by atomic mass is 16.6. The summed E-state index contributed by atoms with van der Waals surface area (Å²) in [7, 11) is 3.82. The van der Waals surface area contributed by atoms with Crippen LogP contribution in [0.2, 0.25) is 0 Å². The number of carbonyl (C=O) groups excluding carboxylic acids is 2. The zero-order valence-corrected chi connectivity index (χ0v) is 13.5. The first-order chi connectivity index (χ1) is 10.3. The molecular formula is C17H25NO4. The standard InChI is InChI=1S/C17H25NO4/c1-8-5-13(20)15-11(7-18(3)4)17(21)22-16(15)14-9(2)12(19)6-10(8)14/h9-11,13-16,20H,1,5-7H2,2-4H3/t9-,10+,11?,13+,14+,15?,16-/m1/s1. The van der Waals surface area contributed by atoms with E-state index in [1.54, 1.807) is 0 Å². The van der Waals surface area contributed by atoms with Gasteiger partial charge in [-0.15, -0.1) is 0 Å². The van der Waals surface area contributed by atoms with Crippen LogP contribution in [0, 0.1) is 29.6 Å². The van der Waals surface area contributed by atoms with Crippen LogP contribution >= 0.6 is 0 Å². The van der Waals surface area contributed by atoms with Crippen molar-refractivity contribution >= 4 is 11.8 Å². The molecule has 2 aliphatic carbocycles. The Morgan fingerprint density at radius 2 is 1.95 bits per heavy atom. The van der Waals surface area contributed by atoms with Crippen LogP contribution in [0.4, 0.5) is 0 Å². The Labute approximate surface area is 131 Å². The number of aliphatic hydroxyl groups excluding tert-OH is 1. The van der Waals surface area contributed by atoms with E-state index in [0.29, 0.717) is 19.4 Å². The molecule has 1 heterocycles. The zero-order valence-electron chi connectivity index (χ0n) is 13.5. The van der Waals surface area contributed by atoms with Gasteiger partial charge in [-0.1, -0.05) is 19.1 Å². The molecule has 5 heteroatoms. The number of rotatable bonds is 2. The van der Waals surface area contributed by atoms with Crippen molar-refractivity contribution in [3.8, 4) is 0 Å². The minimum atomic E-state index is -0.623. The van der Waals surface area contributed by atoms with E-state index in [1.807, 2.05) is 25.9 Å². The molecule has 0 spiro atoms. The van der Waals surface area contributed by atoms with Gasteiger partial charge in [0.15, 0.2) is 0 Å². The van der Waals surface area contributed by atoms with Crippen molar-refractivity contribution in [3.63, 3.8) is 0 Å². The van der Waals surface area contributed by atoms with Crippen molar-refractivity contribution in [2.24, 2.45) is 29.6 Å². The number of fused-ring (bicyclic) bond motifs is 3. The maximum absolute atomic E-state index is 12.3. The molecule has 7 atom stereocenters. The number of hydrogen-bond acceptors (Lipinski definition) is 5. The third kappa shape index (κ3) is 2.31. The quantitative estimate of drug-likeness (QED) is 0.606. The molecule has 0 bridgehead atoms. The van der Waals surface area contributed by atoms with Crippen LogP contribution < -0.4 is 0 Å². The molecule has 0 radical (unpaired) electrons. The van der Waals surface area contributed by atoms with Gasteiger partial charge in [-0.05, 0) is 26.4 Å². The Morgan fingerprint density at radius 3 is 2.59 bits per heavy atom. The van der Waals surface area contributed by atoms with Gasteiger partial charge in [0, 0.05) is 30.7 Å². The third-order valence-corrected chi connectivity index (χ3v) is 5.75. The molecule has 1 aliphatic heterocycles. The minimum Gasteiger partial charge on any atom is -0.461 e. The van der Waals surface area contributed by atoms with Crippen LogP contribution in [0.5, 0.6) is 0 Å². The summed E-state index contributed by atoms with van der Waals surface area (Å²) in [5.41, 5.74) is 0.934. The van der Waals surface area contributed by atoms with E-state index in [4.69, 9.17) is 4.74 Å². The van der Waals surface area contributed by atoms with Crippen molar-refractivity contribution in [1.82, 2.24) is 4.90 Å². The van der Waals surface area contributed by atoms with Crippen molar-refractivity contribution in [1.29, 1.82) is 0 Å². The molecule has 1 N–H and O–H groups in total. The van der Waals surface area contributed by atoms with E-state index < -0.39 is 6.10 Å². The smallest absolute Gasteiger partial charge is 0.311 e. The van der Waals surface area contributed by atoms with Crippen LogP contribution in [0.25, 0.3) is 0 Å². The maximum atomic E-state index is 12.3. The number of hydrogen-bond donors (Lipinski definition) is 1. The highest BCUT2D eigenvalue weighted by molar-refractivity contribution is 5.85. The summed E-state index contributed by atoms with van der Waals surface area (Å²) >= 11 is 0. The van der Waals surface area contributed by atoms with Crippen molar-refractivity contribution in [2.45, 2.75) is 32.0 Å². The van der Waals surface area contributed by atoms with Gasteiger partial charge in [0.1, 0.15) is 11.9 Å². The fraction of sp³-hybridized carbons (Fsp3) is 0.765. The average Bonchev–Trinajstić information content (AvgIpc) is 2.85.